The molecule has 1 aromatic carbocycles. The second-order valence-corrected chi connectivity index (χ2v) is 5.19. The SMILES string of the molecule is Cc1ccccc1S(=O)(=O)NCCNC(N)=O. The lowest BCUT2D eigenvalue weighted by molar-refractivity contribution is 0.249. The van der Waals surface area contributed by atoms with E-state index in [0.717, 1.165) is 0 Å². The van der Waals surface area contributed by atoms with Gasteiger partial charge < -0.3 is 11.1 Å². The van der Waals surface area contributed by atoms with Crippen LogP contribution in [0.2, 0.25) is 0 Å². The number of urea groups is 1. The first-order valence-corrected chi connectivity index (χ1v) is 6.50. The van der Waals surface area contributed by atoms with E-state index in [1.54, 1.807) is 25.1 Å². The molecule has 0 bridgehead atoms. The Kier molecular flexibility index (Phi) is 4.47. The lowest BCUT2D eigenvalue weighted by atomic mass is 10.2. The number of hydrogen-bond acceptors (Lipinski definition) is 3. The Bertz CT molecular complexity index is 499. The second-order valence-electron chi connectivity index (χ2n) is 3.45. The zero-order valence-electron chi connectivity index (χ0n) is 9.43. The van der Waals surface area contributed by atoms with Gasteiger partial charge in [-0.05, 0) is 18.6 Å². The van der Waals surface area contributed by atoms with Crippen molar-refractivity contribution >= 4 is 16.1 Å². The van der Waals surface area contributed by atoms with E-state index in [-0.39, 0.29) is 18.0 Å². The maximum absolute atomic E-state index is 11.8. The molecular weight excluding hydrogens is 242 g/mol. The molecule has 0 heterocycles. The van der Waals surface area contributed by atoms with Crippen LogP contribution in [0.1, 0.15) is 5.56 Å². The highest BCUT2D eigenvalue weighted by atomic mass is 32.2. The van der Waals surface area contributed by atoms with E-state index in [1.807, 2.05) is 0 Å². The van der Waals surface area contributed by atoms with Crippen molar-refractivity contribution in [2.24, 2.45) is 5.73 Å². The lowest BCUT2D eigenvalue weighted by Gasteiger charge is -2.08. The zero-order valence-corrected chi connectivity index (χ0v) is 10.3. The summed E-state index contributed by atoms with van der Waals surface area (Å²) in [6, 6.07) is 5.99. The van der Waals surface area contributed by atoms with E-state index >= 15 is 0 Å². The van der Waals surface area contributed by atoms with Crippen LogP contribution in [0, 0.1) is 6.92 Å². The zero-order chi connectivity index (χ0) is 12.9. The van der Waals surface area contributed by atoms with E-state index in [9.17, 15) is 13.2 Å². The molecule has 4 N–H and O–H groups in total. The highest BCUT2D eigenvalue weighted by Crippen LogP contribution is 2.13. The van der Waals surface area contributed by atoms with Crippen LogP contribution < -0.4 is 15.8 Å². The first-order chi connectivity index (χ1) is 7.93. The number of aryl methyl sites for hydroxylation is 1. The van der Waals surface area contributed by atoms with E-state index in [1.165, 1.54) is 6.07 Å². The minimum atomic E-state index is -3.53. The van der Waals surface area contributed by atoms with Crippen LogP contribution in [0.3, 0.4) is 0 Å². The molecule has 0 aliphatic rings. The average molecular weight is 257 g/mol. The maximum Gasteiger partial charge on any atom is 0.312 e. The van der Waals surface area contributed by atoms with Gasteiger partial charge >= 0.3 is 6.03 Å². The number of sulfonamides is 1. The summed E-state index contributed by atoms with van der Waals surface area (Å²) in [6.45, 7) is 1.97. The highest BCUT2D eigenvalue weighted by Gasteiger charge is 2.14. The van der Waals surface area contributed by atoms with Crippen molar-refractivity contribution in [3.8, 4) is 0 Å². The Morgan fingerprint density at radius 1 is 1.29 bits per heavy atom. The van der Waals surface area contributed by atoms with Gasteiger partial charge in [-0.1, -0.05) is 18.2 Å². The van der Waals surface area contributed by atoms with Gasteiger partial charge in [-0.25, -0.2) is 17.9 Å². The molecule has 0 aliphatic heterocycles. The van der Waals surface area contributed by atoms with Gasteiger partial charge in [0.05, 0.1) is 4.90 Å². The number of rotatable bonds is 5. The molecule has 0 saturated carbocycles. The fraction of sp³-hybridized carbons (Fsp3) is 0.300. The molecule has 6 nitrogen and oxygen atoms in total. The van der Waals surface area contributed by atoms with Gasteiger partial charge in [-0.3, -0.25) is 0 Å². The van der Waals surface area contributed by atoms with Gasteiger partial charge in [-0.2, -0.15) is 0 Å². The number of hydrogen-bond donors (Lipinski definition) is 3. The summed E-state index contributed by atoms with van der Waals surface area (Å²) < 4.78 is 26.1. The van der Waals surface area contributed by atoms with Crippen molar-refractivity contribution in [2.75, 3.05) is 13.1 Å². The van der Waals surface area contributed by atoms with E-state index < -0.39 is 16.1 Å². The first kappa shape index (κ1) is 13.5. The fourth-order valence-corrected chi connectivity index (χ4v) is 2.58. The van der Waals surface area contributed by atoms with Gasteiger partial charge in [0, 0.05) is 13.1 Å². The topological polar surface area (TPSA) is 101 Å². The lowest BCUT2D eigenvalue weighted by Crippen LogP contribution is -2.37. The molecule has 1 rings (SSSR count). The second kappa shape index (κ2) is 5.65. The van der Waals surface area contributed by atoms with Gasteiger partial charge in [0.1, 0.15) is 0 Å². The van der Waals surface area contributed by atoms with Crippen LogP contribution in [0.25, 0.3) is 0 Å². The molecule has 0 fully saturated rings. The number of benzene rings is 1. The molecule has 0 saturated heterocycles. The van der Waals surface area contributed by atoms with Crippen molar-refractivity contribution in [3.63, 3.8) is 0 Å². The smallest absolute Gasteiger partial charge is 0.312 e. The summed E-state index contributed by atoms with van der Waals surface area (Å²) in [6.07, 6.45) is 0. The quantitative estimate of drug-likeness (QED) is 0.644. The molecule has 7 heteroatoms. The summed E-state index contributed by atoms with van der Waals surface area (Å²) in [5.41, 5.74) is 5.52. The van der Waals surface area contributed by atoms with Crippen LogP contribution in [0.5, 0.6) is 0 Å². The molecule has 2 amide bonds. The summed E-state index contributed by atoms with van der Waals surface area (Å²) >= 11 is 0. The third kappa shape index (κ3) is 4.04. The van der Waals surface area contributed by atoms with E-state index in [0.29, 0.717) is 5.56 Å². The minimum absolute atomic E-state index is 0.0968. The Morgan fingerprint density at radius 3 is 2.53 bits per heavy atom. The fourth-order valence-electron chi connectivity index (χ4n) is 1.31. The Balaban J connectivity index is 2.64. The van der Waals surface area contributed by atoms with Crippen molar-refractivity contribution in [3.05, 3.63) is 29.8 Å². The highest BCUT2D eigenvalue weighted by molar-refractivity contribution is 7.89. The van der Waals surface area contributed by atoms with Gasteiger partial charge in [-0.15, -0.1) is 0 Å². The van der Waals surface area contributed by atoms with Crippen LogP contribution in [0.15, 0.2) is 29.2 Å². The molecule has 0 atom stereocenters. The van der Waals surface area contributed by atoms with Crippen molar-refractivity contribution < 1.29 is 13.2 Å². The number of carbonyl (C=O) groups is 1. The number of carbonyl (C=O) groups excluding carboxylic acids is 1. The standard InChI is InChI=1S/C10H15N3O3S/c1-8-4-2-3-5-9(8)17(15,16)13-7-6-12-10(11)14/h2-5,13H,6-7H2,1H3,(H3,11,12,14). The molecule has 17 heavy (non-hydrogen) atoms. The van der Waals surface area contributed by atoms with Crippen LogP contribution >= 0.6 is 0 Å². The molecule has 0 unspecified atom stereocenters. The van der Waals surface area contributed by atoms with Crippen molar-refractivity contribution in [1.29, 1.82) is 0 Å². The maximum atomic E-state index is 11.8. The van der Waals surface area contributed by atoms with E-state index in [2.05, 4.69) is 10.0 Å². The van der Waals surface area contributed by atoms with Crippen molar-refractivity contribution in [1.82, 2.24) is 10.0 Å². The van der Waals surface area contributed by atoms with Gasteiger partial charge in [0.25, 0.3) is 0 Å². The largest absolute Gasteiger partial charge is 0.352 e. The minimum Gasteiger partial charge on any atom is -0.352 e. The number of nitrogens with two attached hydrogens (primary N) is 1. The number of nitrogens with one attached hydrogen (secondary N) is 2. The van der Waals surface area contributed by atoms with Crippen LogP contribution in [-0.4, -0.2) is 27.5 Å². The molecule has 0 spiro atoms. The predicted molar refractivity (Wildman–Crippen MR) is 64.0 cm³/mol. The summed E-state index contributed by atoms with van der Waals surface area (Å²) in [4.78, 5) is 10.6. The average Bonchev–Trinajstić information content (AvgIpc) is 2.24. The third-order valence-corrected chi connectivity index (χ3v) is 3.72. The first-order valence-electron chi connectivity index (χ1n) is 5.02. The monoisotopic (exact) mass is 257 g/mol. The Morgan fingerprint density at radius 2 is 1.94 bits per heavy atom. The number of primary amides is 1. The van der Waals surface area contributed by atoms with Crippen LogP contribution in [-0.2, 0) is 10.0 Å². The molecule has 0 radical (unpaired) electrons. The Hall–Kier alpha value is -1.60. The summed E-state index contributed by atoms with van der Waals surface area (Å²) in [7, 11) is -3.53. The molecule has 1 aromatic rings. The normalized spacial score (nSPS) is 11.1. The van der Waals surface area contributed by atoms with Gasteiger partial charge in [0.15, 0.2) is 0 Å². The molecular formula is C10H15N3O3S. The molecule has 0 aromatic heterocycles. The van der Waals surface area contributed by atoms with Crippen LogP contribution in [0.4, 0.5) is 4.79 Å². The summed E-state index contributed by atoms with van der Waals surface area (Å²) in [5, 5.41) is 2.30. The summed E-state index contributed by atoms with van der Waals surface area (Å²) in [5.74, 6) is 0. The Labute approximate surface area is 100 Å². The number of amides is 2. The van der Waals surface area contributed by atoms with Crippen molar-refractivity contribution in [2.45, 2.75) is 11.8 Å². The van der Waals surface area contributed by atoms with Gasteiger partial charge in [0.2, 0.25) is 10.0 Å². The molecule has 94 valence electrons. The van der Waals surface area contributed by atoms with E-state index in [4.69, 9.17) is 5.73 Å². The predicted octanol–water partition coefficient (Wildman–Crippen LogP) is -0.0584. The molecule has 0 aliphatic carbocycles. The third-order valence-electron chi connectivity index (χ3n) is 2.10.